The van der Waals surface area contributed by atoms with E-state index in [0.717, 1.165) is 25.7 Å². The second kappa shape index (κ2) is 18.9. The fourth-order valence-electron chi connectivity index (χ4n) is 6.09. The van der Waals surface area contributed by atoms with Crippen LogP contribution in [0.15, 0.2) is 141 Å². The van der Waals surface area contributed by atoms with Gasteiger partial charge in [0.05, 0.1) is 24.2 Å². The van der Waals surface area contributed by atoms with Crippen LogP contribution in [0, 0.1) is 0 Å². The van der Waals surface area contributed by atoms with Crippen LogP contribution in [0.2, 0.25) is 0 Å². The Morgan fingerprint density at radius 1 is 0.392 bits per heavy atom. The van der Waals surface area contributed by atoms with E-state index in [1.54, 1.807) is 0 Å². The van der Waals surface area contributed by atoms with Crippen LogP contribution in [0.3, 0.4) is 0 Å². The second-order valence-electron chi connectivity index (χ2n) is 12.4. The normalized spacial score (nSPS) is 21.4. The fourth-order valence-corrected chi connectivity index (χ4v) is 6.09. The number of benzene rings is 4. The molecular weight excluding hydrogens is 819 g/mol. The first kappa shape index (κ1) is 35.8. The predicted octanol–water partition coefficient (Wildman–Crippen LogP) is 5.89. The molecule has 0 unspecified atom stereocenters. The molecule has 0 N–H and O–H groups in total. The maximum Gasteiger partial charge on any atom is 0.273 e. The minimum atomic E-state index is -2.17. The van der Waals surface area contributed by atoms with E-state index in [4.69, 9.17) is 25.9 Å². The van der Waals surface area contributed by atoms with Crippen LogP contribution < -0.4 is 0 Å². The Kier molecular flexibility index (Phi) is 13.2. The van der Waals surface area contributed by atoms with E-state index in [9.17, 15) is 0 Å². The van der Waals surface area contributed by atoms with Crippen LogP contribution in [0.5, 0.6) is 0 Å². The van der Waals surface area contributed by atoms with Gasteiger partial charge in [-0.05, 0) is 47.9 Å². The van der Waals surface area contributed by atoms with E-state index in [0.29, 0.717) is 50.0 Å². The molecule has 10 nitrogen and oxygen atoms in total. The van der Waals surface area contributed by atoms with Crippen molar-refractivity contribution in [1.29, 1.82) is 0 Å². The van der Waals surface area contributed by atoms with Crippen molar-refractivity contribution in [2.24, 2.45) is 20.0 Å². The summed E-state index contributed by atoms with van der Waals surface area (Å²) in [7, 11) is 0. The van der Waals surface area contributed by atoms with Gasteiger partial charge in [0.15, 0.2) is 0 Å². The summed E-state index contributed by atoms with van der Waals surface area (Å²) in [5.74, 6) is 2.25. The van der Waals surface area contributed by atoms with Gasteiger partial charge in [0.25, 0.3) is 23.6 Å². The van der Waals surface area contributed by atoms with Gasteiger partial charge in [0.2, 0.25) is 0 Å². The third-order valence-corrected chi connectivity index (χ3v) is 8.47. The molecule has 4 aromatic carbocycles. The third-order valence-electron chi connectivity index (χ3n) is 8.47. The molecule has 8 rings (SSSR count). The van der Waals surface area contributed by atoms with Gasteiger partial charge in [-0.25, -0.2) is 20.0 Å². The van der Waals surface area contributed by atoms with Gasteiger partial charge in [-0.3, -0.25) is 0 Å². The number of ether oxygens (including phenoxy) is 4. The van der Waals surface area contributed by atoms with Crippen molar-refractivity contribution in [2.45, 2.75) is 49.9 Å². The van der Waals surface area contributed by atoms with E-state index in [2.05, 4.69) is 68.5 Å². The SMILES string of the molecule is [O]=[Re]=[O].c1ccc(C[C@H]2COC(C3=N[C@@H](Cc4ccccc4)CO3)=N2)cc1.c1ccc(C[C@H]2COC(C3=N[C@@H](Cc4ccccc4)CO3)=N2)cc1. The van der Waals surface area contributed by atoms with Gasteiger partial charge in [-0.2, -0.15) is 0 Å². The molecule has 51 heavy (non-hydrogen) atoms. The Morgan fingerprint density at radius 3 is 0.784 bits per heavy atom. The topological polar surface area (TPSA) is 121 Å². The Hall–Kier alpha value is -4.98. The summed E-state index contributed by atoms with van der Waals surface area (Å²) in [4.78, 5) is 18.6. The van der Waals surface area contributed by atoms with Crippen LogP contribution in [0.4, 0.5) is 0 Å². The average Bonchev–Trinajstić information content (AvgIpc) is 4.00. The Balaban J connectivity index is 0.000000163. The third kappa shape index (κ3) is 11.0. The monoisotopic (exact) mass is 859 g/mol. The maximum absolute atomic E-state index is 8.53. The summed E-state index contributed by atoms with van der Waals surface area (Å²) in [6.45, 7) is 2.37. The molecule has 0 radical (unpaired) electrons. The standard InChI is InChI=1S/2C20H20N2O2.2O.Re/c2*1-3-7-15(8-4-1)11-17-13-23-19(21-17)20-22-18(14-24-20)12-16-9-5-2-6-10-16;;;/h2*1-10,17-18H,11-14H2;;;/t2*17-,18-;;;/m00.../s1. The molecule has 0 aromatic heterocycles. The molecule has 4 aliphatic heterocycles. The molecule has 0 spiro atoms. The van der Waals surface area contributed by atoms with Crippen molar-refractivity contribution in [3.8, 4) is 0 Å². The number of rotatable bonds is 10. The summed E-state index contributed by atoms with van der Waals surface area (Å²) in [6.07, 6.45) is 3.52. The van der Waals surface area contributed by atoms with Crippen LogP contribution >= 0.6 is 0 Å². The zero-order valence-electron chi connectivity index (χ0n) is 28.1. The second-order valence-corrected chi connectivity index (χ2v) is 12.9. The van der Waals surface area contributed by atoms with Crippen LogP contribution in [-0.4, -0.2) is 74.2 Å². The van der Waals surface area contributed by atoms with Crippen LogP contribution in [0.25, 0.3) is 0 Å². The molecule has 0 saturated carbocycles. The average molecular weight is 859 g/mol. The Labute approximate surface area is 306 Å². The van der Waals surface area contributed by atoms with Crippen LogP contribution in [0.1, 0.15) is 22.3 Å². The summed E-state index contributed by atoms with van der Waals surface area (Å²) in [5, 5.41) is 0. The van der Waals surface area contributed by atoms with Crippen molar-refractivity contribution >= 4 is 23.6 Å². The number of hydrogen-bond donors (Lipinski definition) is 0. The van der Waals surface area contributed by atoms with Gasteiger partial charge in [0.1, 0.15) is 26.4 Å². The predicted molar refractivity (Wildman–Crippen MR) is 191 cm³/mol. The first-order valence-corrected chi connectivity index (χ1v) is 19.2. The van der Waals surface area contributed by atoms with E-state index >= 15 is 0 Å². The van der Waals surface area contributed by atoms with Crippen molar-refractivity contribution in [3.63, 3.8) is 0 Å². The van der Waals surface area contributed by atoms with Crippen molar-refractivity contribution in [1.82, 2.24) is 0 Å². The smallest absolute Gasteiger partial charge is 0.273 e. The minimum absolute atomic E-state index is 0.141. The largest absolute Gasteiger partial charge is 0.472 e. The molecule has 0 fully saturated rings. The van der Waals surface area contributed by atoms with Crippen LogP contribution in [-0.2, 0) is 69.5 Å². The molecular formula is C40H40N4O6Re. The molecule has 0 bridgehead atoms. The van der Waals surface area contributed by atoms with E-state index in [-0.39, 0.29) is 24.2 Å². The van der Waals surface area contributed by atoms with Gasteiger partial charge in [0, 0.05) is 0 Å². The van der Waals surface area contributed by atoms with Crippen molar-refractivity contribution in [2.75, 3.05) is 26.4 Å². The summed E-state index contributed by atoms with van der Waals surface area (Å²) in [6, 6.07) is 42.0. The minimum Gasteiger partial charge on any atom is -0.472 e. The summed E-state index contributed by atoms with van der Waals surface area (Å²) >= 11 is -2.17. The molecule has 0 aliphatic carbocycles. The van der Waals surface area contributed by atoms with Gasteiger partial charge < -0.3 is 18.9 Å². The Bertz CT molecular complexity index is 1590. The molecule has 4 atom stereocenters. The zero-order valence-corrected chi connectivity index (χ0v) is 30.8. The van der Waals surface area contributed by atoms with Gasteiger partial charge in [-0.1, -0.05) is 121 Å². The number of nitrogens with zero attached hydrogens (tertiary/aromatic N) is 4. The van der Waals surface area contributed by atoms with Crippen molar-refractivity contribution in [3.05, 3.63) is 144 Å². The molecule has 4 heterocycles. The zero-order chi connectivity index (χ0) is 35.1. The molecule has 0 amide bonds. The molecule has 4 aromatic rings. The fraction of sp³-hybridized carbons (Fsp3) is 0.300. The quantitative estimate of drug-likeness (QED) is 0.196. The molecule has 11 heteroatoms. The summed E-state index contributed by atoms with van der Waals surface area (Å²) in [5.41, 5.74) is 5.08. The number of hydrogen-bond acceptors (Lipinski definition) is 10. The first-order valence-electron chi connectivity index (χ1n) is 17.0. The van der Waals surface area contributed by atoms with Gasteiger partial charge in [-0.15, -0.1) is 0 Å². The molecule has 263 valence electrons. The number of aliphatic imine (C=N–C) groups is 4. The molecule has 0 saturated heterocycles. The molecule has 4 aliphatic rings. The van der Waals surface area contributed by atoms with Gasteiger partial charge >= 0.3 is 24.8 Å². The Morgan fingerprint density at radius 2 is 0.588 bits per heavy atom. The van der Waals surface area contributed by atoms with E-state index < -0.39 is 17.9 Å². The van der Waals surface area contributed by atoms with Crippen molar-refractivity contribution < 1.29 is 43.8 Å². The van der Waals surface area contributed by atoms with E-state index in [1.165, 1.54) is 22.3 Å². The first-order chi connectivity index (χ1) is 25.1. The maximum atomic E-state index is 8.53. The van der Waals surface area contributed by atoms with E-state index in [1.807, 2.05) is 72.8 Å². The summed E-state index contributed by atoms with van der Waals surface area (Å²) < 4.78 is 39.9.